The van der Waals surface area contributed by atoms with E-state index >= 15 is 0 Å². The third-order valence-electron chi connectivity index (χ3n) is 2.76. The number of benzene rings is 1. The Morgan fingerprint density at radius 3 is 2.84 bits per heavy atom. The van der Waals surface area contributed by atoms with Crippen LogP contribution in [0, 0.1) is 0 Å². The molecule has 19 heavy (non-hydrogen) atoms. The van der Waals surface area contributed by atoms with Crippen LogP contribution in [0.3, 0.4) is 0 Å². The van der Waals surface area contributed by atoms with Gasteiger partial charge in [-0.1, -0.05) is 31.4 Å². The summed E-state index contributed by atoms with van der Waals surface area (Å²) in [5, 5.41) is 3.32. The molecule has 0 heterocycles. The molecule has 1 amide bonds. The van der Waals surface area contributed by atoms with Gasteiger partial charge < -0.3 is 11.1 Å². The van der Waals surface area contributed by atoms with Crippen LogP contribution in [0.25, 0.3) is 0 Å². The Morgan fingerprint density at radius 2 is 2.21 bits per heavy atom. The molecule has 0 aliphatic heterocycles. The number of carbonyl (C=O) groups is 1. The molecule has 1 rings (SSSR count). The Labute approximate surface area is 124 Å². The van der Waals surface area contributed by atoms with Crippen LogP contribution in [-0.2, 0) is 4.79 Å². The van der Waals surface area contributed by atoms with E-state index in [1.54, 1.807) is 30.0 Å². The van der Waals surface area contributed by atoms with Crippen LogP contribution < -0.4 is 11.1 Å². The maximum atomic E-state index is 12.0. The monoisotopic (exact) mass is 300 g/mol. The number of hydrogen-bond donors (Lipinski definition) is 2. The minimum atomic E-state index is -0.0769. The van der Waals surface area contributed by atoms with Gasteiger partial charge in [0.1, 0.15) is 0 Å². The fraction of sp³-hybridized carbons (Fsp3) is 0.500. The summed E-state index contributed by atoms with van der Waals surface area (Å²) in [4.78, 5) is 12.0. The fourth-order valence-corrected chi connectivity index (χ4v) is 2.68. The molecule has 0 bridgehead atoms. The molecule has 0 saturated carbocycles. The quantitative estimate of drug-likeness (QED) is 0.587. The van der Waals surface area contributed by atoms with Crippen molar-refractivity contribution in [2.45, 2.75) is 38.4 Å². The maximum absolute atomic E-state index is 12.0. The van der Waals surface area contributed by atoms with Crippen molar-refractivity contribution < 1.29 is 4.79 Å². The number of thioether (sulfide) groups is 1. The topological polar surface area (TPSA) is 55.1 Å². The zero-order valence-electron chi connectivity index (χ0n) is 11.4. The van der Waals surface area contributed by atoms with Gasteiger partial charge in [-0.3, -0.25) is 4.79 Å². The molecule has 1 aromatic carbocycles. The van der Waals surface area contributed by atoms with Crippen molar-refractivity contribution >= 4 is 40.6 Å². The number of carbonyl (C=O) groups excluding carboxylic acids is 1. The summed E-state index contributed by atoms with van der Waals surface area (Å²) in [6, 6.07) is 5.08. The molecule has 106 valence electrons. The van der Waals surface area contributed by atoms with Crippen molar-refractivity contribution in [2.75, 3.05) is 16.8 Å². The van der Waals surface area contributed by atoms with Crippen LogP contribution >= 0.6 is 23.4 Å². The van der Waals surface area contributed by atoms with E-state index in [0.29, 0.717) is 16.4 Å². The third kappa shape index (κ3) is 5.74. The highest BCUT2D eigenvalue weighted by atomic mass is 35.5. The van der Waals surface area contributed by atoms with E-state index in [9.17, 15) is 4.79 Å². The van der Waals surface area contributed by atoms with Crippen molar-refractivity contribution in [3.8, 4) is 0 Å². The highest BCUT2D eigenvalue weighted by molar-refractivity contribution is 8.00. The first kappa shape index (κ1) is 16.2. The second kappa shape index (κ2) is 8.33. The van der Waals surface area contributed by atoms with E-state index in [2.05, 4.69) is 12.2 Å². The first-order chi connectivity index (χ1) is 9.04. The predicted octanol–water partition coefficient (Wildman–Crippen LogP) is 4.17. The normalized spacial score (nSPS) is 12.2. The summed E-state index contributed by atoms with van der Waals surface area (Å²) >= 11 is 7.49. The number of hydrogen-bond acceptors (Lipinski definition) is 3. The Kier molecular flexibility index (Phi) is 7.10. The molecule has 5 heteroatoms. The van der Waals surface area contributed by atoms with Gasteiger partial charge in [0, 0.05) is 5.02 Å². The Morgan fingerprint density at radius 1 is 1.47 bits per heavy atom. The number of unbranched alkanes of at least 4 members (excludes halogenated alkanes) is 2. The summed E-state index contributed by atoms with van der Waals surface area (Å²) in [6.07, 6.45) is 3.57. The van der Waals surface area contributed by atoms with Gasteiger partial charge in [-0.05, 0) is 37.3 Å². The van der Waals surface area contributed by atoms with Crippen LogP contribution in [0.4, 0.5) is 11.4 Å². The average Bonchev–Trinajstić information content (AvgIpc) is 2.37. The van der Waals surface area contributed by atoms with Crippen molar-refractivity contribution in [1.29, 1.82) is 0 Å². The molecule has 0 aromatic heterocycles. The highest BCUT2D eigenvalue weighted by Crippen LogP contribution is 2.24. The fourth-order valence-electron chi connectivity index (χ4n) is 1.57. The number of halogens is 1. The van der Waals surface area contributed by atoms with Gasteiger partial charge in [-0.15, -0.1) is 11.8 Å². The Bertz CT molecular complexity index is 426. The van der Waals surface area contributed by atoms with Crippen LogP contribution in [0.1, 0.15) is 33.1 Å². The molecule has 1 aromatic rings. The molecule has 3 N–H and O–H groups in total. The first-order valence-corrected chi connectivity index (χ1v) is 7.94. The van der Waals surface area contributed by atoms with E-state index in [-0.39, 0.29) is 11.2 Å². The van der Waals surface area contributed by atoms with E-state index in [1.165, 1.54) is 12.8 Å². The van der Waals surface area contributed by atoms with Crippen LogP contribution in [0.15, 0.2) is 18.2 Å². The first-order valence-electron chi connectivity index (χ1n) is 6.52. The van der Waals surface area contributed by atoms with Gasteiger partial charge in [0.15, 0.2) is 0 Å². The average molecular weight is 301 g/mol. The maximum Gasteiger partial charge on any atom is 0.237 e. The van der Waals surface area contributed by atoms with Gasteiger partial charge in [-0.2, -0.15) is 0 Å². The zero-order chi connectivity index (χ0) is 14.3. The number of nitrogen functional groups attached to an aromatic ring is 1. The summed E-state index contributed by atoms with van der Waals surface area (Å²) in [5.41, 5.74) is 6.91. The Balaban J connectivity index is 2.45. The minimum Gasteiger partial charge on any atom is -0.397 e. The Hall–Kier alpha value is -0.870. The summed E-state index contributed by atoms with van der Waals surface area (Å²) in [6.45, 7) is 4.09. The number of nitrogens with two attached hydrogens (primary N) is 1. The molecule has 3 nitrogen and oxygen atoms in total. The number of anilines is 2. The zero-order valence-corrected chi connectivity index (χ0v) is 13.0. The summed E-state index contributed by atoms with van der Waals surface area (Å²) in [5.74, 6) is 0.994. The second-order valence-corrected chi connectivity index (χ2v) is 6.33. The van der Waals surface area contributed by atoms with Crippen LogP contribution in [0.2, 0.25) is 5.02 Å². The van der Waals surface area contributed by atoms with Crippen molar-refractivity contribution in [2.24, 2.45) is 0 Å². The van der Waals surface area contributed by atoms with E-state index < -0.39 is 0 Å². The van der Waals surface area contributed by atoms with Gasteiger partial charge in [0.2, 0.25) is 5.91 Å². The lowest BCUT2D eigenvalue weighted by Crippen LogP contribution is -2.23. The van der Waals surface area contributed by atoms with Gasteiger partial charge in [0.05, 0.1) is 16.6 Å². The van der Waals surface area contributed by atoms with E-state index in [4.69, 9.17) is 17.3 Å². The summed E-state index contributed by atoms with van der Waals surface area (Å²) in [7, 11) is 0. The van der Waals surface area contributed by atoms with Gasteiger partial charge in [0.25, 0.3) is 0 Å². The number of amides is 1. The van der Waals surface area contributed by atoms with Gasteiger partial charge >= 0.3 is 0 Å². The molecule has 0 fully saturated rings. The van der Waals surface area contributed by atoms with E-state index in [1.807, 2.05) is 6.92 Å². The summed E-state index contributed by atoms with van der Waals surface area (Å²) < 4.78 is 0. The molecule has 0 saturated heterocycles. The smallest absolute Gasteiger partial charge is 0.237 e. The SMILES string of the molecule is CCCCCSC(C)C(=O)Nc1ccc(Cl)cc1N. The molecular formula is C14H21ClN2OS. The van der Waals surface area contributed by atoms with Crippen LogP contribution in [-0.4, -0.2) is 16.9 Å². The second-order valence-electron chi connectivity index (χ2n) is 4.44. The molecule has 0 aliphatic carbocycles. The predicted molar refractivity (Wildman–Crippen MR) is 85.9 cm³/mol. The van der Waals surface area contributed by atoms with Crippen molar-refractivity contribution in [1.82, 2.24) is 0 Å². The number of nitrogens with one attached hydrogen (secondary N) is 1. The highest BCUT2D eigenvalue weighted by Gasteiger charge is 2.14. The largest absolute Gasteiger partial charge is 0.397 e. The van der Waals surface area contributed by atoms with Crippen LogP contribution in [0.5, 0.6) is 0 Å². The minimum absolute atomic E-state index is 0.0180. The standard InChI is InChI=1S/C14H21ClN2OS/c1-3-4-5-8-19-10(2)14(18)17-13-7-6-11(15)9-12(13)16/h6-7,9-10H,3-5,8,16H2,1-2H3,(H,17,18). The molecule has 1 atom stereocenters. The van der Waals surface area contributed by atoms with Gasteiger partial charge in [-0.25, -0.2) is 0 Å². The van der Waals surface area contributed by atoms with E-state index in [0.717, 1.165) is 12.2 Å². The number of rotatable bonds is 7. The lowest BCUT2D eigenvalue weighted by Gasteiger charge is -2.13. The van der Waals surface area contributed by atoms with Crippen molar-refractivity contribution in [3.05, 3.63) is 23.2 Å². The lowest BCUT2D eigenvalue weighted by molar-refractivity contribution is -0.115. The molecule has 0 radical (unpaired) electrons. The molecule has 0 spiro atoms. The third-order valence-corrected chi connectivity index (χ3v) is 4.23. The molecule has 0 aliphatic rings. The molecule has 1 unspecified atom stereocenters. The molecular weight excluding hydrogens is 280 g/mol. The van der Waals surface area contributed by atoms with Crippen molar-refractivity contribution in [3.63, 3.8) is 0 Å². The lowest BCUT2D eigenvalue weighted by atomic mass is 10.2.